The minimum atomic E-state index is 0.112. The van der Waals surface area contributed by atoms with Gasteiger partial charge in [0.25, 0.3) is 0 Å². The van der Waals surface area contributed by atoms with Gasteiger partial charge in [-0.3, -0.25) is 4.79 Å². The molecule has 2 aliphatic heterocycles. The minimum Gasteiger partial charge on any atom is -0.374 e. The molecule has 96 valence electrons. The van der Waals surface area contributed by atoms with E-state index in [2.05, 4.69) is 19.1 Å². The number of carbonyl (C=O) groups excluding carboxylic acids is 1. The van der Waals surface area contributed by atoms with Crippen molar-refractivity contribution in [3.63, 3.8) is 0 Å². The second-order valence-electron chi connectivity index (χ2n) is 5.53. The quantitative estimate of drug-likeness (QED) is 0.759. The molecule has 2 bridgehead atoms. The van der Waals surface area contributed by atoms with Crippen LogP contribution in [0.4, 0.5) is 0 Å². The van der Waals surface area contributed by atoms with Crippen molar-refractivity contribution in [2.24, 2.45) is 5.92 Å². The number of rotatable bonds is 4. The van der Waals surface area contributed by atoms with Gasteiger partial charge in [0.05, 0.1) is 18.1 Å². The van der Waals surface area contributed by atoms with Crippen molar-refractivity contribution in [2.45, 2.75) is 51.2 Å². The van der Waals surface area contributed by atoms with E-state index in [1.807, 2.05) is 12.1 Å². The number of hydrogen-bond acceptors (Lipinski definition) is 2. The first-order valence-electron chi connectivity index (χ1n) is 7.06. The molecule has 2 aliphatic rings. The third-order valence-electron chi connectivity index (χ3n) is 4.22. The summed E-state index contributed by atoms with van der Waals surface area (Å²) in [5, 5.41) is 0. The molecule has 3 unspecified atom stereocenters. The van der Waals surface area contributed by atoms with Crippen molar-refractivity contribution in [3.8, 4) is 0 Å². The summed E-state index contributed by atoms with van der Waals surface area (Å²) < 4.78 is 5.77. The number of fused-ring (bicyclic) bond motifs is 2. The fourth-order valence-electron chi connectivity index (χ4n) is 3.25. The summed E-state index contributed by atoms with van der Waals surface area (Å²) in [5.74, 6) is 0.394. The Hall–Kier alpha value is -1.15. The average Bonchev–Trinajstić information content (AvgIpc) is 3.01. The maximum absolute atomic E-state index is 12.4. The Bertz CT molecular complexity index is 435. The van der Waals surface area contributed by atoms with Crippen LogP contribution in [0.2, 0.25) is 0 Å². The molecule has 0 saturated carbocycles. The minimum absolute atomic E-state index is 0.112. The third-order valence-corrected chi connectivity index (χ3v) is 4.22. The highest BCUT2D eigenvalue weighted by Crippen LogP contribution is 2.40. The molecule has 3 atom stereocenters. The maximum Gasteiger partial charge on any atom is 0.168 e. The normalized spacial score (nSPS) is 29.7. The topological polar surface area (TPSA) is 26.3 Å². The molecular weight excluding hydrogens is 224 g/mol. The van der Waals surface area contributed by atoms with Gasteiger partial charge in [-0.25, -0.2) is 0 Å². The monoisotopic (exact) mass is 244 g/mol. The van der Waals surface area contributed by atoms with Crippen molar-refractivity contribution in [1.29, 1.82) is 0 Å². The average molecular weight is 244 g/mol. The number of aryl methyl sites for hydroxylation is 1. The van der Waals surface area contributed by atoms with E-state index in [4.69, 9.17) is 4.74 Å². The second-order valence-corrected chi connectivity index (χ2v) is 5.53. The van der Waals surface area contributed by atoms with Gasteiger partial charge in [0.1, 0.15) is 0 Å². The lowest BCUT2D eigenvalue weighted by Crippen LogP contribution is -2.25. The molecule has 2 heteroatoms. The van der Waals surface area contributed by atoms with Gasteiger partial charge in [0.2, 0.25) is 0 Å². The van der Waals surface area contributed by atoms with E-state index in [-0.39, 0.29) is 17.8 Å². The van der Waals surface area contributed by atoms with Crippen molar-refractivity contribution in [1.82, 2.24) is 0 Å². The summed E-state index contributed by atoms with van der Waals surface area (Å²) >= 11 is 0. The zero-order chi connectivity index (χ0) is 12.5. The molecule has 1 aromatic carbocycles. The van der Waals surface area contributed by atoms with Gasteiger partial charge in [0.15, 0.2) is 5.78 Å². The molecule has 0 spiro atoms. The molecule has 0 N–H and O–H groups in total. The van der Waals surface area contributed by atoms with E-state index in [9.17, 15) is 4.79 Å². The van der Waals surface area contributed by atoms with E-state index in [1.165, 1.54) is 5.56 Å². The van der Waals surface area contributed by atoms with Gasteiger partial charge in [-0.1, -0.05) is 37.6 Å². The highest BCUT2D eigenvalue weighted by molar-refractivity contribution is 5.98. The number of ketones is 1. The maximum atomic E-state index is 12.4. The number of benzene rings is 1. The molecule has 2 heterocycles. The van der Waals surface area contributed by atoms with E-state index < -0.39 is 0 Å². The third kappa shape index (κ3) is 2.10. The predicted molar refractivity (Wildman–Crippen MR) is 70.8 cm³/mol. The highest BCUT2D eigenvalue weighted by Gasteiger charge is 2.44. The lowest BCUT2D eigenvalue weighted by molar-refractivity contribution is 0.0743. The summed E-state index contributed by atoms with van der Waals surface area (Å²) in [5.41, 5.74) is 2.18. The molecule has 18 heavy (non-hydrogen) atoms. The van der Waals surface area contributed by atoms with E-state index >= 15 is 0 Å². The van der Waals surface area contributed by atoms with E-state index in [1.54, 1.807) is 0 Å². The fraction of sp³-hybridized carbons (Fsp3) is 0.562. The van der Waals surface area contributed by atoms with Gasteiger partial charge in [-0.2, -0.15) is 0 Å². The zero-order valence-corrected chi connectivity index (χ0v) is 10.9. The molecule has 0 radical (unpaired) electrons. The summed E-state index contributed by atoms with van der Waals surface area (Å²) in [6.45, 7) is 2.17. The molecule has 0 aromatic heterocycles. The Morgan fingerprint density at radius 1 is 1.28 bits per heavy atom. The first-order valence-corrected chi connectivity index (χ1v) is 7.06. The van der Waals surface area contributed by atoms with Crippen LogP contribution in [0.5, 0.6) is 0 Å². The Morgan fingerprint density at radius 2 is 2.06 bits per heavy atom. The zero-order valence-electron chi connectivity index (χ0n) is 10.9. The van der Waals surface area contributed by atoms with Crippen LogP contribution >= 0.6 is 0 Å². The van der Waals surface area contributed by atoms with Gasteiger partial charge in [-0.05, 0) is 31.2 Å². The largest absolute Gasteiger partial charge is 0.374 e. The van der Waals surface area contributed by atoms with Gasteiger partial charge in [0, 0.05) is 5.56 Å². The lowest BCUT2D eigenvalue weighted by Gasteiger charge is -2.17. The van der Waals surface area contributed by atoms with Crippen LogP contribution in [-0.4, -0.2) is 18.0 Å². The smallest absolute Gasteiger partial charge is 0.168 e. The van der Waals surface area contributed by atoms with Gasteiger partial charge < -0.3 is 4.74 Å². The standard InChI is InChI=1S/C16H20O2/c1-2-3-11-4-6-12(7-5-11)16(17)14-10-13-8-9-15(14)18-13/h4-7,13-15H,2-3,8-10H2,1H3. The van der Waals surface area contributed by atoms with Crippen LogP contribution in [0.25, 0.3) is 0 Å². The summed E-state index contributed by atoms with van der Waals surface area (Å²) in [4.78, 5) is 12.4. The van der Waals surface area contributed by atoms with Crippen LogP contribution in [0, 0.1) is 5.92 Å². The summed E-state index contributed by atoms with van der Waals surface area (Å²) in [6.07, 6.45) is 5.92. The van der Waals surface area contributed by atoms with Crippen molar-refractivity contribution in [3.05, 3.63) is 35.4 Å². The SMILES string of the molecule is CCCc1ccc(C(=O)C2CC3CCC2O3)cc1. The Balaban J connectivity index is 1.72. The first kappa shape index (κ1) is 11.9. The predicted octanol–water partition coefficient (Wildman–Crippen LogP) is 3.39. The van der Waals surface area contributed by atoms with Crippen LogP contribution in [-0.2, 0) is 11.2 Å². The molecule has 0 aliphatic carbocycles. The molecule has 2 nitrogen and oxygen atoms in total. The Kier molecular flexibility index (Phi) is 3.21. The number of carbonyl (C=O) groups is 1. The fourth-order valence-corrected chi connectivity index (χ4v) is 3.25. The number of hydrogen-bond donors (Lipinski definition) is 0. The van der Waals surface area contributed by atoms with Crippen LogP contribution in [0.3, 0.4) is 0 Å². The molecule has 1 aromatic rings. The van der Waals surface area contributed by atoms with Crippen LogP contribution in [0.1, 0.15) is 48.5 Å². The van der Waals surface area contributed by atoms with Crippen molar-refractivity contribution in [2.75, 3.05) is 0 Å². The molecular formula is C16H20O2. The molecule has 3 rings (SSSR count). The first-order chi connectivity index (χ1) is 8.78. The lowest BCUT2D eigenvalue weighted by atomic mass is 9.83. The summed E-state index contributed by atoms with van der Waals surface area (Å²) in [6, 6.07) is 8.15. The Morgan fingerprint density at radius 3 is 2.61 bits per heavy atom. The van der Waals surface area contributed by atoms with Crippen molar-refractivity contribution < 1.29 is 9.53 Å². The van der Waals surface area contributed by atoms with Gasteiger partial charge in [-0.15, -0.1) is 0 Å². The van der Waals surface area contributed by atoms with Crippen LogP contribution < -0.4 is 0 Å². The van der Waals surface area contributed by atoms with Crippen LogP contribution in [0.15, 0.2) is 24.3 Å². The van der Waals surface area contributed by atoms with Gasteiger partial charge >= 0.3 is 0 Å². The molecule has 0 amide bonds. The highest BCUT2D eigenvalue weighted by atomic mass is 16.5. The molecule has 2 fully saturated rings. The number of Topliss-reactive ketones (excluding diaryl/α,β-unsaturated/α-hetero) is 1. The molecule has 2 saturated heterocycles. The van der Waals surface area contributed by atoms with E-state index in [0.29, 0.717) is 6.10 Å². The Labute approximate surface area is 108 Å². The second kappa shape index (κ2) is 4.85. The summed E-state index contributed by atoms with van der Waals surface area (Å²) in [7, 11) is 0. The number of ether oxygens (including phenoxy) is 1. The van der Waals surface area contributed by atoms with E-state index in [0.717, 1.165) is 37.7 Å². The van der Waals surface area contributed by atoms with Crippen molar-refractivity contribution >= 4 is 5.78 Å².